The van der Waals surface area contributed by atoms with Crippen LogP contribution in [0.1, 0.15) is 34.9 Å². The highest BCUT2D eigenvalue weighted by molar-refractivity contribution is 6.30. The molecule has 3 aromatic rings. The van der Waals surface area contributed by atoms with E-state index >= 15 is 0 Å². The van der Waals surface area contributed by atoms with Crippen molar-refractivity contribution in [1.82, 2.24) is 19.0 Å². The molecule has 1 aliphatic carbocycles. The number of nitrogens with one attached hydrogen (secondary N) is 1. The molecule has 0 spiro atoms. The van der Waals surface area contributed by atoms with Crippen LogP contribution in [0.15, 0.2) is 35.3 Å². The summed E-state index contributed by atoms with van der Waals surface area (Å²) in [6.07, 6.45) is 3.84. The van der Waals surface area contributed by atoms with Crippen molar-refractivity contribution in [2.75, 3.05) is 7.05 Å². The lowest BCUT2D eigenvalue weighted by atomic mass is 10.1. The largest absolute Gasteiger partial charge is 0.351 e. The molecule has 2 aromatic heterocycles. The number of fused-ring (bicyclic) bond motifs is 1. The van der Waals surface area contributed by atoms with Gasteiger partial charge in [0.05, 0.1) is 22.6 Å². The molecular weight excluding hydrogens is 340 g/mol. The van der Waals surface area contributed by atoms with Crippen molar-refractivity contribution >= 4 is 28.5 Å². The van der Waals surface area contributed by atoms with Gasteiger partial charge < -0.3 is 14.5 Å². The summed E-state index contributed by atoms with van der Waals surface area (Å²) in [4.78, 5) is 29.4. The van der Waals surface area contributed by atoms with Crippen molar-refractivity contribution in [1.29, 1.82) is 0 Å². The highest BCUT2D eigenvalue weighted by Gasteiger charge is 2.27. The van der Waals surface area contributed by atoms with Crippen LogP contribution in [0.2, 0.25) is 5.02 Å². The Morgan fingerprint density at radius 2 is 2.12 bits per heavy atom. The van der Waals surface area contributed by atoms with Crippen molar-refractivity contribution < 1.29 is 4.79 Å². The molecule has 0 unspecified atom stereocenters. The third-order valence-corrected chi connectivity index (χ3v) is 4.90. The number of amides is 1. The van der Waals surface area contributed by atoms with Gasteiger partial charge in [0.25, 0.3) is 5.91 Å². The molecule has 7 heteroatoms. The molecule has 0 saturated heterocycles. The van der Waals surface area contributed by atoms with E-state index in [0.29, 0.717) is 17.1 Å². The predicted octanol–water partition coefficient (Wildman–Crippen LogP) is 2.93. The summed E-state index contributed by atoms with van der Waals surface area (Å²) in [6, 6.07) is 7.48. The number of imidazole rings is 1. The van der Waals surface area contributed by atoms with Crippen molar-refractivity contribution in [3.05, 3.63) is 57.2 Å². The second kappa shape index (κ2) is 5.81. The molecule has 1 fully saturated rings. The number of aromatic amines is 1. The fraction of sp³-hybridized carbons (Fsp3) is 0.333. The van der Waals surface area contributed by atoms with Crippen LogP contribution >= 0.6 is 11.6 Å². The molecule has 130 valence electrons. The zero-order valence-corrected chi connectivity index (χ0v) is 14.9. The number of H-pyrrole nitrogens is 1. The van der Waals surface area contributed by atoms with Crippen LogP contribution in [-0.4, -0.2) is 32.0 Å². The Bertz CT molecular complexity index is 1030. The molecule has 1 aromatic carbocycles. The number of hydrogen-bond acceptors (Lipinski definition) is 2. The van der Waals surface area contributed by atoms with Gasteiger partial charge in [0, 0.05) is 37.6 Å². The Hall–Kier alpha value is -2.47. The molecule has 0 aliphatic heterocycles. The molecule has 1 saturated carbocycles. The Morgan fingerprint density at radius 1 is 1.36 bits per heavy atom. The summed E-state index contributed by atoms with van der Waals surface area (Å²) in [5, 5.41) is 0.653. The molecule has 6 nitrogen and oxygen atoms in total. The summed E-state index contributed by atoms with van der Waals surface area (Å²) in [7, 11) is 3.66. The minimum Gasteiger partial charge on any atom is -0.351 e. The van der Waals surface area contributed by atoms with E-state index in [1.807, 2.05) is 29.9 Å². The predicted molar refractivity (Wildman–Crippen MR) is 97.1 cm³/mol. The maximum atomic E-state index is 12.8. The molecule has 0 bridgehead atoms. The SMILES string of the molecule is CN(Cc1cc(Cl)cn1C)C(=O)c1ccc2[nH]c(=O)n(C3CC3)c2c1. The smallest absolute Gasteiger partial charge is 0.326 e. The maximum Gasteiger partial charge on any atom is 0.326 e. The molecule has 2 heterocycles. The van der Waals surface area contributed by atoms with Crippen LogP contribution in [0.25, 0.3) is 11.0 Å². The van der Waals surface area contributed by atoms with Gasteiger partial charge in [-0.25, -0.2) is 4.79 Å². The maximum absolute atomic E-state index is 12.8. The fourth-order valence-corrected chi connectivity index (χ4v) is 3.48. The van der Waals surface area contributed by atoms with Crippen LogP contribution < -0.4 is 5.69 Å². The van der Waals surface area contributed by atoms with Gasteiger partial charge >= 0.3 is 5.69 Å². The van der Waals surface area contributed by atoms with Gasteiger partial charge in [-0.05, 0) is 37.1 Å². The van der Waals surface area contributed by atoms with Crippen molar-refractivity contribution in [3.63, 3.8) is 0 Å². The third kappa shape index (κ3) is 2.87. The quantitative estimate of drug-likeness (QED) is 0.779. The van der Waals surface area contributed by atoms with E-state index in [2.05, 4.69) is 4.98 Å². The van der Waals surface area contributed by atoms with Gasteiger partial charge in [-0.2, -0.15) is 0 Å². The topological polar surface area (TPSA) is 63.0 Å². The number of nitrogens with zero attached hydrogens (tertiary/aromatic N) is 3. The average molecular weight is 359 g/mol. The van der Waals surface area contributed by atoms with Gasteiger partial charge in [-0.1, -0.05) is 11.6 Å². The van der Waals surface area contributed by atoms with E-state index in [-0.39, 0.29) is 17.6 Å². The van der Waals surface area contributed by atoms with Crippen molar-refractivity contribution in [2.45, 2.75) is 25.4 Å². The number of aryl methyl sites for hydroxylation is 1. The van der Waals surface area contributed by atoms with Crippen molar-refractivity contribution in [2.24, 2.45) is 7.05 Å². The Balaban J connectivity index is 1.64. The zero-order valence-electron chi connectivity index (χ0n) is 14.1. The number of aromatic nitrogens is 3. The number of hydrogen-bond donors (Lipinski definition) is 1. The Kier molecular flexibility index (Phi) is 3.72. The number of rotatable bonds is 4. The van der Waals surface area contributed by atoms with E-state index in [4.69, 9.17) is 11.6 Å². The first kappa shape index (κ1) is 16.0. The molecule has 4 rings (SSSR count). The molecule has 1 N–H and O–H groups in total. The third-order valence-electron chi connectivity index (χ3n) is 4.70. The molecule has 1 aliphatic rings. The van der Waals surface area contributed by atoms with Gasteiger partial charge in [-0.3, -0.25) is 9.36 Å². The van der Waals surface area contributed by atoms with Crippen LogP contribution in [0, 0.1) is 0 Å². The minimum atomic E-state index is -0.103. The molecule has 0 radical (unpaired) electrons. The number of carbonyl (C=O) groups excluding carboxylic acids is 1. The number of carbonyl (C=O) groups is 1. The highest BCUT2D eigenvalue weighted by Crippen LogP contribution is 2.35. The molecule has 0 atom stereocenters. The summed E-state index contributed by atoms with van der Waals surface area (Å²) in [5.74, 6) is -0.0878. The first-order chi connectivity index (χ1) is 11.9. The molecule has 1 amide bonds. The lowest BCUT2D eigenvalue weighted by molar-refractivity contribution is 0.0782. The zero-order chi connectivity index (χ0) is 17.7. The van der Waals surface area contributed by atoms with Crippen LogP contribution in [0.5, 0.6) is 0 Å². The first-order valence-electron chi connectivity index (χ1n) is 8.24. The highest BCUT2D eigenvalue weighted by atomic mass is 35.5. The molecular formula is C18H19ClN4O2. The fourth-order valence-electron chi connectivity index (χ4n) is 3.21. The van der Waals surface area contributed by atoms with Crippen LogP contribution in [-0.2, 0) is 13.6 Å². The van der Waals surface area contributed by atoms with E-state index in [9.17, 15) is 9.59 Å². The summed E-state index contributed by atoms with van der Waals surface area (Å²) < 4.78 is 3.68. The second-order valence-corrected chi connectivity index (χ2v) is 7.12. The van der Waals surface area contributed by atoms with Gasteiger partial charge in [0.1, 0.15) is 0 Å². The summed E-state index contributed by atoms with van der Waals surface area (Å²) in [5.41, 5.74) is 3.00. The van der Waals surface area contributed by atoms with Crippen molar-refractivity contribution in [3.8, 4) is 0 Å². The van der Waals surface area contributed by atoms with Crippen LogP contribution in [0.4, 0.5) is 0 Å². The normalized spacial score (nSPS) is 14.2. The first-order valence-corrected chi connectivity index (χ1v) is 8.62. The van der Waals surface area contributed by atoms with E-state index in [0.717, 1.165) is 29.6 Å². The standard InChI is InChI=1S/C18H19ClN4O2/c1-21-9-12(19)8-14(21)10-22(2)17(24)11-3-6-15-16(7-11)23(13-4-5-13)18(25)20-15/h3,6-9,13H,4-5,10H2,1-2H3,(H,20,25). The van der Waals surface area contributed by atoms with Gasteiger partial charge in [0.2, 0.25) is 0 Å². The Morgan fingerprint density at radius 3 is 2.76 bits per heavy atom. The lowest BCUT2D eigenvalue weighted by Crippen LogP contribution is -2.27. The summed E-state index contributed by atoms with van der Waals surface area (Å²) in [6.45, 7) is 0.461. The molecule has 25 heavy (non-hydrogen) atoms. The lowest BCUT2D eigenvalue weighted by Gasteiger charge is -2.18. The van der Waals surface area contributed by atoms with E-state index in [1.54, 1.807) is 28.6 Å². The number of halogens is 1. The summed E-state index contributed by atoms with van der Waals surface area (Å²) >= 11 is 6.01. The van der Waals surface area contributed by atoms with Crippen LogP contribution in [0.3, 0.4) is 0 Å². The monoisotopic (exact) mass is 358 g/mol. The average Bonchev–Trinajstić information content (AvgIpc) is 3.27. The Labute approximate surface area is 149 Å². The van der Waals surface area contributed by atoms with Gasteiger partial charge in [-0.15, -0.1) is 0 Å². The van der Waals surface area contributed by atoms with E-state index < -0.39 is 0 Å². The number of benzene rings is 1. The second-order valence-electron chi connectivity index (χ2n) is 6.69. The van der Waals surface area contributed by atoms with Gasteiger partial charge in [0.15, 0.2) is 0 Å². The van der Waals surface area contributed by atoms with E-state index in [1.165, 1.54) is 0 Å². The minimum absolute atomic E-state index is 0.0878.